The van der Waals surface area contributed by atoms with E-state index in [1.165, 1.54) is 6.08 Å². The van der Waals surface area contributed by atoms with Crippen LogP contribution in [0.2, 0.25) is 0 Å². The number of carbonyl (C=O) groups is 2. The number of carbonyl (C=O) groups excluding carboxylic acids is 2. The zero-order valence-corrected chi connectivity index (χ0v) is 12.6. The van der Waals surface area contributed by atoms with Gasteiger partial charge in [-0.1, -0.05) is 40.4 Å². The Morgan fingerprint density at radius 3 is 2.11 bits per heavy atom. The molecular formula is C10H11Cl3N2O4. The van der Waals surface area contributed by atoms with Gasteiger partial charge in [0.15, 0.2) is 6.10 Å². The highest BCUT2D eigenvalue weighted by Gasteiger charge is 2.40. The molecule has 0 fully saturated rings. The summed E-state index contributed by atoms with van der Waals surface area (Å²) in [7, 11) is 1.00. The van der Waals surface area contributed by atoms with E-state index < -0.39 is 27.5 Å². The molecular weight excluding hydrogens is 318 g/mol. The van der Waals surface area contributed by atoms with E-state index in [1.54, 1.807) is 13.8 Å². The maximum atomic E-state index is 11.6. The lowest BCUT2D eigenvalue weighted by Crippen LogP contribution is -2.36. The first-order chi connectivity index (χ1) is 8.63. The fraction of sp³-hybridized carbons (Fsp3) is 0.500. The third-order valence-electron chi connectivity index (χ3n) is 1.71. The second kappa shape index (κ2) is 7.50. The molecule has 0 N–H and O–H groups in total. The van der Waals surface area contributed by atoms with Crippen molar-refractivity contribution >= 4 is 52.5 Å². The van der Waals surface area contributed by atoms with Crippen LogP contribution < -0.4 is 0 Å². The smallest absolute Gasteiger partial charge is 0.460 e. The van der Waals surface area contributed by atoms with Crippen molar-refractivity contribution in [2.45, 2.75) is 23.7 Å². The van der Waals surface area contributed by atoms with Crippen molar-refractivity contribution in [3.63, 3.8) is 0 Å². The Labute approximate surface area is 124 Å². The number of alkyl halides is 3. The van der Waals surface area contributed by atoms with Crippen molar-refractivity contribution in [1.29, 1.82) is 0 Å². The maximum absolute atomic E-state index is 11.6. The largest absolute Gasteiger partial charge is 0.482 e. The lowest BCUT2D eigenvalue weighted by molar-refractivity contribution is -0.149. The quantitative estimate of drug-likeness (QED) is 0.150. The van der Waals surface area contributed by atoms with Crippen LogP contribution in [0, 0.1) is 0 Å². The zero-order valence-electron chi connectivity index (χ0n) is 10.3. The standard InChI is InChI=1S/C10H11Cl3N2O4/c1-5(2)4-6(10(11,12)13)19-9(17)7(15-14)8(16)18-3/h4,6H,1-3H3. The van der Waals surface area contributed by atoms with E-state index >= 15 is 0 Å². The number of esters is 2. The summed E-state index contributed by atoms with van der Waals surface area (Å²) < 4.78 is 7.09. The molecule has 9 heteroatoms. The topological polar surface area (TPSA) is 89.0 Å². The number of ether oxygens (including phenoxy) is 2. The number of rotatable bonds is 4. The van der Waals surface area contributed by atoms with Gasteiger partial charge in [-0.05, 0) is 19.9 Å². The minimum Gasteiger partial charge on any atom is -0.460 e. The Bertz CT molecular complexity index is 446. The van der Waals surface area contributed by atoms with Gasteiger partial charge >= 0.3 is 17.7 Å². The van der Waals surface area contributed by atoms with Gasteiger partial charge in [0, 0.05) is 0 Å². The second-order valence-electron chi connectivity index (χ2n) is 3.55. The van der Waals surface area contributed by atoms with Gasteiger partial charge in [-0.25, -0.2) is 9.59 Å². The molecule has 0 heterocycles. The molecule has 0 rings (SSSR count). The average Bonchev–Trinajstić information content (AvgIpc) is 2.26. The number of hydrogen-bond donors (Lipinski definition) is 0. The van der Waals surface area contributed by atoms with Gasteiger partial charge in [-0.3, -0.25) is 0 Å². The van der Waals surface area contributed by atoms with Crippen LogP contribution in [0.4, 0.5) is 0 Å². The molecule has 0 aromatic carbocycles. The molecule has 19 heavy (non-hydrogen) atoms. The Morgan fingerprint density at radius 2 is 1.79 bits per heavy atom. The lowest BCUT2D eigenvalue weighted by atomic mass is 10.2. The number of nitrogens with zero attached hydrogens (tertiary/aromatic N) is 2. The van der Waals surface area contributed by atoms with Crippen LogP contribution in [0.3, 0.4) is 0 Å². The molecule has 0 saturated heterocycles. The molecule has 0 radical (unpaired) electrons. The van der Waals surface area contributed by atoms with E-state index in [0.717, 1.165) is 7.11 Å². The van der Waals surface area contributed by atoms with Crippen molar-refractivity contribution < 1.29 is 23.9 Å². The Morgan fingerprint density at radius 1 is 1.26 bits per heavy atom. The van der Waals surface area contributed by atoms with Crippen LogP contribution in [0.15, 0.2) is 11.6 Å². The highest BCUT2D eigenvalue weighted by molar-refractivity contribution is 6.68. The van der Waals surface area contributed by atoms with Gasteiger partial charge in [0.05, 0.1) is 7.11 Å². The number of methoxy groups -OCH3 is 1. The van der Waals surface area contributed by atoms with Crippen molar-refractivity contribution in [1.82, 2.24) is 0 Å². The molecule has 0 aliphatic carbocycles. The predicted octanol–water partition coefficient (Wildman–Crippen LogP) is 2.08. The normalized spacial score (nSPS) is 11.9. The summed E-state index contributed by atoms with van der Waals surface area (Å²) in [5, 5.41) is 0. The number of halogens is 3. The van der Waals surface area contributed by atoms with Gasteiger partial charge < -0.3 is 15.0 Å². The van der Waals surface area contributed by atoms with Crippen LogP contribution in [0.1, 0.15) is 13.8 Å². The minimum atomic E-state index is -1.94. The monoisotopic (exact) mass is 328 g/mol. The second-order valence-corrected chi connectivity index (χ2v) is 5.92. The van der Waals surface area contributed by atoms with Crippen molar-refractivity contribution in [3.8, 4) is 0 Å². The number of allylic oxidation sites excluding steroid dienone is 1. The third-order valence-corrected chi connectivity index (χ3v) is 2.36. The van der Waals surface area contributed by atoms with E-state index in [1.807, 2.05) is 0 Å². The molecule has 1 atom stereocenters. The summed E-state index contributed by atoms with van der Waals surface area (Å²) in [6.07, 6.45) is 0.119. The summed E-state index contributed by atoms with van der Waals surface area (Å²) >= 11 is 16.9. The van der Waals surface area contributed by atoms with Crippen molar-refractivity contribution in [3.05, 3.63) is 17.2 Å². The molecule has 6 nitrogen and oxygen atoms in total. The first kappa shape index (κ1) is 17.9. The first-order valence-electron chi connectivity index (χ1n) is 4.86. The van der Waals surface area contributed by atoms with Gasteiger partial charge in [0.2, 0.25) is 3.79 Å². The molecule has 1 unspecified atom stereocenters. The zero-order chi connectivity index (χ0) is 15.2. The molecule has 0 spiro atoms. The van der Waals surface area contributed by atoms with E-state index in [0.29, 0.717) is 5.57 Å². The van der Waals surface area contributed by atoms with Crippen molar-refractivity contribution in [2.75, 3.05) is 7.11 Å². The molecule has 0 aliphatic heterocycles. The molecule has 106 valence electrons. The van der Waals surface area contributed by atoms with E-state index in [2.05, 4.69) is 9.53 Å². The molecule has 0 aliphatic rings. The van der Waals surface area contributed by atoms with Crippen LogP contribution >= 0.6 is 34.8 Å². The third kappa shape index (κ3) is 6.07. The lowest BCUT2D eigenvalue weighted by Gasteiger charge is -2.20. The summed E-state index contributed by atoms with van der Waals surface area (Å²) in [5.41, 5.74) is 8.33. The van der Waals surface area contributed by atoms with E-state index in [-0.39, 0.29) is 0 Å². The van der Waals surface area contributed by atoms with Gasteiger partial charge in [-0.15, -0.1) is 0 Å². The Kier molecular flexibility index (Phi) is 7.08. The molecule has 0 amide bonds. The van der Waals surface area contributed by atoms with E-state index in [4.69, 9.17) is 45.1 Å². The number of hydrogen-bond acceptors (Lipinski definition) is 4. The van der Waals surface area contributed by atoms with Crippen LogP contribution in [-0.2, 0) is 19.1 Å². The first-order valence-corrected chi connectivity index (χ1v) is 6.00. The average molecular weight is 330 g/mol. The molecule has 0 saturated carbocycles. The van der Waals surface area contributed by atoms with Crippen LogP contribution in [-0.4, -0.2) is 39.4 Å². The minimum absolute atomic E-state index is 0.713. The fourth-order valence-corrected chi connectivity index (χ4v) is 1.25. The van der Waals surface area contributed by atoms with Crippen LogP contribution in [0.25, 0.3) is 5.53 Å². The highest BCUT2D eigenvalue weighted by Crippen LogP contribution is 2.33. The van der Waals surface area contributed by atoms with Gasteiger partial charge in [0.1, 0.15) is 0 Å². The Balaban J connectivity index is 5.18. The summed E-state index contributed by atoms with van der Waals surface area (Å²) in [4.78, 5) is 25.2. The molecule has 0 aromatic heterocycles. The summed E-state index contributed by atoms with van der Waals surface area (Å²) in [5.74, 6) is -2.45. The molecule has 0 bridgehead atoms. The Hall–Kier alpha value is -1.07. The fourth-order valence-electron chi connectivity index (χ4n) is 0.931. The van der Waals surface area contributed by atoms with Gasteiger partial charge in [0.25, 0.3) is 0 Å². The molecule has 0 aromatic rings. The van der Waals surface area contributed by atoms with E-state index in [9.17, 15) is 9.59 Å². The van der Waals surface area contributed by atoms with Crippen LogP contribution in [0.5, 0.6) is 0 Å². The SMILES string of the molecule is COC(=O)C(=[N+]=[N-])C(=O)OC(C=C(C)C)C(Cl)(Cl)Cl. The predicted molar refractivity (Wildman–Crippen MR) is 70.2 cm³/mol. The van der Waals surface area contributed by atoms with Crippen molar-refractivity contribution in [2.24, 2.45) is 0 Å². The van der Waals surface area contributed by atoms with Gasteiger partial charge in [-0.2, -0.15) is 4.79 Å². The highest BCUT2D eigenvalue weighted by atomic mass is 35.6. The summed E-state index contributed by atoms with van der Waals surface area (Å²) in [6, 6.07) is 0. The summed E-state index contributed by atoms with van der Waals surface area (Å²) in [6.45, 7) is 3.39. The maximum Gasteiger partial charge on any atom is 0.482 e.